The highest BCUT2D eigenvalue weighted by atomic mass is 19.4. The summed E-state index contributed by atoms with van der Waals surface area (Å²) in [6.45, 7) is 6.59. The van der Waals surface area contributed by atoms with E-state index in [9.17, 15) is 27.6 Å². The van der Waals surface area contributed by atoms with Gasteiger partial charge in [-0.25, -0.2) is 0 Å². The molecule has 1 aliphatic carbocycles. The van der Waals surface area contributed by atoms with Crippen molar-refractivity contribution in [2.24, 2.45) is 5.92 Å². The Kier molecular flexibility index (Phi) is 8.11. The number of methoxy groups -OCH3 is 1. The first-order valence-corrected chi connectivity index (χ1v) is 13.0. The number of ether oxygens (including phenoxy) is 1. The molecule has 0 bridgehead atoms. The van der Waals surface area contributed by atoms with Crippen molar-refractivity contribution in [3.05, 3.63) is 47.9 Å². The number of amides is 2. The van der Waals surface area contributed by atoms with Crippen LogP contribution in [0.5, 0.6) is 0 Å². The van der Waals surface area contributed by atoms with Gasteiger partial charge < -0.3 is 24.7 Å². The predicted octanol–water partition coefficient (Wildman–Crippen LogP) is 4.39. The van der Waals surface area contributed by atoms with Gasteiger partial charge in [-0.1, -0.05) is 12.1 Å². The van der Waals surface area contributed by atoms with E-state index in [1.807, 2.05) is 0 Å². The van der Waals surface area contributed by atoms with Crippen molar-refractivity contribution in [1.29, 1.82) is 0 Å². The summed E-state index contributed by atoms with van der Waals surface area (Å²) in [5.41, 5.74) is 0.00873. The first-order chi connectivity index (χ1) is 18.3. The minimum absolute atomic E-state index is 0.0580. The van der Waals surface area contributed by atoms with Crippen LogP contribution in [0.3, 0.4) is 0 Å². The molecular formula is C28H34F3N3O5. The molecule has 39 heavy (non-hydrogen) atoms. The number of likely N-dealkylation sites (tertiary alicyclic amines) is 1. The fourth-order valence-electron chi connectivity index (χ4n) is 5.53. The second-order valence-corrected chi connectivity index (χ2v) is 11.2. The number of alkyl halides is 3. The average Bonchev–Trinajstić information content (AvgIpc) is 3.50. The fraction of sp³-hybridized carbons (Fsp3) is 0.536. The number of nitrogens with zero attached hydrogens (tertiary/aromatic N) is 1. The standard InChI is InChI=1S/C28H34F3N3O5/c1-27(2,3)33-19-9-10-22(20(14-19)26(37)38-4)34-12-11-21(25(34)36)32-24(35)23-13-17(15-39-23)16-5-7-18(8-6-16)28(29,30)31/h5-8,13,15,19-22,33H,9-12,14H2,1-4H3,(H,32,35)/t19-,20-,21?,22+/m1/s1. The third-order valence-electron chi connectivity index (χ3n) is 7.27. The van der Waals surface area contributed by atoms with E-state index in [4.69, 9.17) is 9.15 Å². The van der Waals surface area contributed by atoms with Crippen LogP contribution in [-0.2, 0) is 20.5 Å². The summed E-state index contributed by atoms with van der Waals surface area (Å²) in [7, 11) is 1.34. The van der Waals surface area contributed by atoms with Crippen LogP contribution in [0.15, 0.2) is 41.0 Å². The van der Waals surface area contributed by atoms with Gasteiger partial charge in [0.1, 0.15) is 6.04 Å². The largest absolute Gasteiger partial charge is 0.469 e. The molecule has 2 aliphatic rings. The molecule has 11 heteroatoms. The molecule has 2 heterocycles. The van der Waals surface area contributed by atoms with Crippen LogP contribution in [-0.4, -0.2) is 60.0 Å². The molecule has 0 spiro atoms. The summed E-state index contributed by atoms with van der Waals surface area (Å²) in [5, 5.41) is 6.24. The summed E-state index contributed by atoms with van der Waals surface area (Å²) in [6, 6.07) is 4.97. The van der Waals surface area contributed by atoms with E-state index in [-0.39, 0.29) is 35.3 Å². The second kappa shape index (κ2) is 11.0. The molecule has 1 saturated carbocycles. The number of carbonyl (C=O) groups excluding carboxylic acids is 3. The van der Waals surface area contributed by atoms with Crippen LogP contribution in [0.1, 0.15) is 62.6 Å². The van der Waals surface area contributed by atoms with Gasteiger partial charge in [0.05, 0.1) is 24.9 Å². The monoisotopic (exact) mass is 549 g/mol. The lowest BCUT2D eigenvalue weighted by molar-refractivity contribution is -0.151. The minimum atomic E-state index is -4.44. The minimum Gasteiger partial charge on any atom is -0.469 e. The Morgan fingerprint density at radius 3 is 2.36 bits per heavy atom. The Morgan fingerprint density at radius 1 is 1.05 bits per heavy atom. The lowest BCUT2D eigenvalue weighted by Gasteiger charge is -2.41. The van der Waals surface area contributed by atoms with Crippen molar-refractivity contribution < 1.29 is 36.7 Å². The Morgan fingerprint density at radius 2 is 1.74 bits per heavy atom. The summed E-state index contributed by atoms with van der Waals surface area (Å²) in [5.74, 6) is -1.75. The first-order valence-electron chi connectivity index (χ1n) is 13.0. The van der Waals surface area contributed by atoms with E-state index in [0.717, 1.165) is 18.6 Å². The molecule has 1 aromatic carbocycles. The summed E-state index contributed by atoms with van der Waals surface area (Å²) >= 11 is 0. The van der Waals surface area contributed by atoms with E-state index in [1.165, 1.54) is 31.6 Å². The van der Waals surface area contributed by atoms with Gasteiger partial charge in [-0.3, -0.25) is 14.4 Å². The molecule has 0 radical (unpaired) electrons. The second-order valence-electron chi connectivity index (χ2n) is 11.2. The van der Waals surface area contributed by atoms with Gasteiger partial charge in [-0.05, 0) is 70.2 Å². The SMILES string of the molecule is COC(=O)[C@@H]1C[C@H](NC(C)(C)C)CC[C@@H]1N1CCC(NC(=O)c2cc(-c3ccc(C(F)(F)F)cc3)co2)C1=O. The predicted molar refractivity (Wildman–Crippen MR) is 137 cm³/mol. The number of rotatable bonds is 6. The number of furan rings is 1. The summed E-state index contributed by atoms with van der Waals surface area (Å²) in [6.07, 6.45) is -0.796. The number of esters is 1. The third kappa shape index (κ3) is 6.63. The van der Waals surface area contributed by atoms with E-state index in [0.29, 0.717) is 36.9 Å². The number of benzene rings is 1. The van der Waals surface area contributed by atoms with Gasteiger partial charge >= 0.3 is 12.1 Å². The molecule has 4 rings (SSSR count). The molecular weight excluding hydrogens is 515 g/mol. The molecule has 2 aromatic rings. The molecule has 1 unspecified atom stereocenters. The van der Waals surface area contributed by atoms with Crippen molar-refractivity contribution in [2.45, 2.75) is 76.3 Å². The van der Waals surface area contributed by atoms with Crippen molar-refractivity contribution in [2.75, 3.05) is 13.7 Å². The molecule has 2 fully saturated rings. The van der Waals surface area contributed by atoms with Crippen LogP contribution in [0.25, 0.3) is 11.1 Å². The van der Waals surface area contributed by atoms with Gasteiger partial charge in [-0.15, -0.1) is 0 Å². The molecule has 8 nitrogen and oxygen atoms in total. The fourth-order valence-corrected chi connectivity index (χ4v) is 5.53. The van der Waals surface area contributed by atoms with Gasteiger partial charge in [-0.2, -0.15) is 13.2 Å². The number of carbonyl (C=O) groups is 3. The van der Waals surface area contributed by atoms with E-state index in [2.05, 4.69) is 31.4 Å². The Labute approximate surface area is 225 Å². The summed E-state index contributed by atoms with van der Waals surface area (Å²) in [4.78, 5) is 40.5. The maximum absolute atomic E-state index is 13.3. The molecule has 2 amide bonds. The Bertz CT molecular complexity index is 1200. The number of nitrogens with one attached hydrogen (secondary N) is 2. The quantitative estimate of drug-likeness (QED) is 0.519. The highest BCUT2D eigenvalue weighted by Gasteiger charge is 2.45. The number of hydrogen-bond donors (Lipinski definition) is 2. The van der Waals surface area contributed by atoms with Crippen LogP contribution >= 0.6 is 0 Å². The molecule has 4 atom stereocenters. The van der Waals surface area contributed by atoms with Crippen LogP contribution in [0.4, 0.5) is 13.2 Å². The van der Waals surface area contributed by atoms with Crippen molar-refractivity contribution in [1.82, 2.24) is 15.5 Å². The highest BCUT2D eigenvalue weighted by Crippen LogP contribution is 2.34. The van der Waals surface area contributed by atoms with E-state index >= 15 is 0 Å². The lowest BCUT2D eigenvalue weighted by Crippen LogP contribution is -2.55. The molecule has 1 aliphatic heterocycles. The topological polar surface area (TPSA) is 101 Å². The van der Waals surface area contributed by atoms with Gasteiger partial charge in [0.25, 0.3) is 5.91 Å². The smallest absolute Gasteiger partial charge is 0.416 e. The number of halogens is 3. The van der Waals surface area contributed by atoms with Crippen LogP contribution in [0.2, 0.25) is 0 Å². The maximum atomic E-state index is 13.3. The average molecular weight is 550 g/mol. The van der Waals surface area contributed by atoms with Crippen LogP contribution < -0.4 is 10.6 Å². The van der Waals surface area contributed by atoms with Crippen molar-refractivity contribution >= 4 is 17.8 Å². The van der Waals surface area contributed by atoms with Gasteiger partial charge in [0, 0.05) is 29.7 Å². The van der Waals surface area contributed by atoms with E-state index < -0.39 is 29.6 Å². The molecule has 1 aromatic heterocycles. The van der Waals surface area contributed by atoms with Crippen molar-refractivity contribution in [3.8, 4) is 11.1 Å². The normalized spacial score (nSPS) is 24.1. The van der Waals surface area contributed by atoms with E-state index in [1.54, 1.807) is 4.90 Å². The summed E-state index contributed by atoms with van der Waals surface area (Å²) < 4.78 is 48.9. The number of hydrogen-bond acceptors (Lipinski definition) is 6. The van der Waals surface area contributed by atoms with Gasteiger partial charge in [0.15, 0.2) is 5.76 Å². The lowest BCUT2D eigenvalue weighted by atomic mass is 9.80. The zero-order valence-corrected chi connectivity index (χ0v) is 22.4. The zero-order valence-electron chi connectivity index (χ0n) is 22.4. The zero-order chi connectivity index (χ0) is 28.5. The Balaban J connectivity index is 1.40. The van der Waals surface area contributed by atoms with Crippen molar-refractivity contribution in [3.63, 3.8) is 0 Å². The molecule has 1 saturated heterocycles. The molecule has 2 N–H and O–H groups in total. The van der Waals surface area contributed by atoms with Crippen LogP contribution in [0, 0.1) is 5.92 Å². The highest BCUT2D eigenvalue weighted by molar-refractivity contribution is 5.97. The maximum Gasteiger partial charge on any atom is 0.416 e. The Hall–Kier alpha value is -3.34. The first kappa shape index (κ1) is 28.7. The molecule has 212 valence electrons. The third-order valence-corrected chi connectivity index (χ3v) is 7.27. The van der Waals surface area contributed by atoms with Gasteiger partial charge in [0.2, 0.25) is 5.91 Å².